The van der Waals surface area contributed by atoms with Crippen molar-refractivity contribution in [3.8, 4) is 22.4 Å². The molecule has 0 spiro atoms. The molecule has 0 N–H and O–H groups in total. The summed E-state index contributed by atoms with van der Waals surface area (Å²) in [6.07, 6.45) is 1.72. The van der Waals surface area contributed by atoms with Gasteiger partial charge in [-0.15, -0.1) is 0 Å². The first-order valence-corrected chi connectivity index (χ1v) is 9.53. The van der Waals surface area contributed by atoms with Crippen LogP contribution >= 0.6 is 0 Å². The fourth-order valence-electron chi connectivity index (χ4n) is 3.16. The van der Waals surface area contributed by atoms with Crippen LogP contribution in [0.15, 0.2) is 60.7 Å². The number of nitrogens with zero attached hydrogens (tertiary/aromatic N) is 1. The summed E-state index contributed by atoms with van der Waals surface area (Å²) in [7, 11) is 0. The first-order valence-electron chi connectivity index (χ1n) is 9.53. The molecule has 1 heterocycles. The molecular weight excluding hydrogens is 334 g/mol. The summed E-state index contributed by atoms with van der Waals surface area (Å²) in [6, 6.07) is 20.6. The number of carbonyl (C=O) groups is 1. The molecule has 0 aliphatic carbocycles. The minimum Gasteiger partial charge on any atom is -0.461 e. The van der Waals surface area contributed by atoms with Gasteiger partial charge in [-0.2, -0.15) is 0 Å². The molecule has 2 aromatic carbocycles. The van der Waals surface area contributed by atoms with Crippen LogP contribution in [0.3, 0.4) is 0 Å². The maximum atomic E-state index is 12.5. The van der Waals surface area contributed by atoms with Crippen LogP contribution in [0.1, 0.15) is 42.4 Å². The zero-order chi connectivity index (χ0) is 19.2. The van der Waals surface area contributed by atoms with E-state index in [0.29, 0.717) is 12.3 Å². The molecular formula is C24H25NO2. The molecule has 0 aliphatic rings. The quantitative estimate of drug-likeness (QED) is 0.529. The van der Waals surface area contributed by atoms with Gasteiger partial charge >= 0.3 is 5.97 Å². The lowest BCUT2D eigenvalue weighted by molar-refractivity contribution is 0.0518. The first-order chi connectivity index (χ1) is 13.2. The molecule has 0 aliphatic heterocycles. The van der Waals surface area contributed by atoms with Crippen LogP contribution in [0.2, 0.25) is 0 Å². The number of ether oxygens (including phenoxy) is 1. The van der Waals surface area contributed by atoms with E-state index >= 15 is 0 Å². The van der Waals surface area contributed by atoms with Gasteiger partial charge in [0.25, 0.3) is 0 Å². The predicted molar refractivity (Wildman–Crippen MR) is 110 cm³/mol. The predicted octanol–water partition coefficient (Wildman–Crippen LogP) is 5.72. The van der Waals surface area contributed by atoms with Crippen molar-refractivity contribution in [2.24, 2.45) is 0 Å². The van der Waals surface area contributed by atoms with Gasteiger partial charge < -0.3 is 4.74 Å². The average Bonchev–Trinajstić information content (AvgIpc) is 2.73. The molecule has 3 heteroatoms. The SMILES string of the molecule is CCOC(=O)c1nc(-c2ccccc2)c(-c2ccc(CC)cc2)cc1CC. The molecule has 1 aromatic heterocycles. The summed E-state index contributed by atoms with van der Waals surface area (Å²) in [6.45, 7) is 6.33. The molecule has 3 rings (SSSR count). The zero-order valence-electron chi connectivity index (χ0n) is 16.2. The molecule has 0 bridgehead atoms. The Labute approximate surface area is 161 Å². The zero-order valence-corrected chi connectivity index (χ0v) is 16.2. The molecule has 0 amide bonds. The van der Waals surface area contributed by atoms with Gasteiger partial charge in [0.2, 0.25) is 0 Å². The standard InChI is InChI=1S/C24H25NO2/c1-4-17-12-14-19(15-13-17)21-16-18(5-2)23(24(26)27-6-3)25-22(21)20-10-8-7-9-11-20/h7-16H,4-6H2,1-3H3. The van der Waals surface area contributed by atoms with Gasteiger partial charge in [-0.05, 0) is 42.5 Å². The fourth-order valence-corrected chi connectivity index (χ4v) is 3.16. The molecule has 3 aromatic rings. The summed E-state index contributed by atoms with van der Waals surface area (Å²) < 4.78 is 5.24. The smallest absolute Gasteiger partial charge is 0.357 e. The van der Waals surface area contributed by atoms with Crippen LogP contribution in [-0.2, 0) is 17.6 Å². The normalized spacial score (nSPS) is 10.6. The van der Waals surface area contributed by atoms with Crippen molar-refractivity contribution in [1.82, 2.24) is 4.98 Å². The van der Waals surface area contributed by atoms with E-state index < -0.39 is 0 Å². The number of aromatic nitrogens is 1. The Morgan fingerprint density at radius 2 is 1.59 bits per heavy atom. The van der Waals surface area contributed by atoms with E-state index in [-0.39, 0.29) is 5.97 Å². The van der Waals surface area contributed by atoms with Gasteiger partial charge in [-0.3, -0.25) is 0 Å². The third-order valence-electron chi connectivity index (χ3n) is 4.67. The summed E-state index contributed by atoms with van der Waals surface area (Å²) in [5.74, 6) is -0.362. The van der Waals surface area contributed by atoms with Gasteiger partial charge in [0.15, 0.2) is 5.69 Å². The Morgan fingerprint density at radius 3 is 2.19 bits per heavy atom. The van der Waals surface area contributed by atoms with Gasteiger partial charge in [0.05, 0.1) is 12.3 Å². The Bertz CT molecular complexity index is 915. The van der Waals surface area contributed by atoms with Crippen LogP contribution in [0.25, 0.3) is 22.4 Å². The Balaban J connectivity index is 2.22. The summed E-state index contributed by atoms with van der Waals surface area (Å²) >= 11 is 0. The van der Waals surface area contributed by atoms with Gasteiger partial charge in [0, 0.05) is 11.1 Å². The minimum absolute atomic E-state index is 0.338. The van der Waals surface area contributed by atoms with Crippen molar-refractivity contribution >= 4 is 5.97 Å². The van der Waals surface area contributed by atoms with E-state index in [4.69, 9.17) is 9.72 Å². The number of aryl methyl sites for hydroxylation is 2. The van der Waals surface area contributed by atoms with E-state index in [1.807, 2.05) is 44.2 Å². The van der Waals surface area contributed by atoms with Gasteiger partial charge in [-0.1, -0.05) is 68.4 Å². The van der Waals surface area contributed by atoms with Gasteiger partial charge in [-0.25, -0.2) is 9.78 Å². The lowest BCUT2D eigenvalue weighted by Gasteiger charge is -2.15. The van der Waals surface area contributed by atoms with Crippen LogP contribution < -0.4 is 0 Å². The van der Waals surface area contributed by atoms with Crippen molar-refractivity contribution in [2.45, 2.75) is 33.6 Å². The molecule has 3 nitrogen and oxygen atoms in total. The second-order valence-electron chi connectivity index (χ2n) is 6.38. The molecule has 0 radical (unpaired) electrons. The number of pyridine rings is 1. The van der Waals surface area contributed by atoms with Crippen LogP contribution in [0, 0.1) is 0 Å². The number of hydrogen-bond acceptors (Lipinski definition) is 3. The van der Waals surface area contributed by atoms with Crippen LogP contribution in [0.4, 0.5) is 0 Å². The Morgan fingerprint density at radius 1 is 0.889 bits per heavy atom. The molecule has 0 fully saturated rings. The Kier molecular flexibility index (Phi) is 6.02. The average molecular weight is 359 g/mol. The molecule has 0 unspecified atom stereocenters. The number of esters is 1. The van der Waals surface area contributed by atoms with Crippen molar-refractivity contribution < 1.29 is 9.53 Å². The number of rotatable bonds is 6. The van der Waals surface area contributed by atoms with Crippen molar-refractivity contribution in [2.75, 3.05) is 6.61 Å². The van der Waals surface area contributed by atoms with E-state index in [1.165, 1.54) is 5.56 Å². The maximum absolute atomic E-state index is 12.5. The lowest BCUT2D eigenvalue weighted by atomic mass is 9.95. The van der Waals surface area contributed by atoms with E-state index in [1.54, 1.807) is 0 Å². The second kappa shape index (κ2) is 8.63. The fraction of sp³-hybridized carbons (Fsp3) is 0.250. The molecule has 27 heavy (non-hydrogen) atoms. The highest BCUT2D eigenvalue weighted by molar-refractivity contribution is 5.92. The van der Waals surface area contributed by atoms with Crippen LogP contribution in [0.5, 0.6) is 0 Å². The largest absolute Gasteiger partial charge is 0.461 e. The summed E-state index contributed by atoms with van der Waals surface area (Å²) in [5, 5.41) is 0. The maximum Gasteiger partial charge on any atom is 0.357 e. The molecule has 138 valence electrons. The third-order valence-corrected chi connectivity index (χ3v) is 4.67. The summed E-state index contributed by atoms with van der Waals surface area (Å²) in [5.41, 5.74) is 6.54. The highest BCUT2D eigenvalue weighted by Crippen LogP contribution is 2.33. The van der Waals surface area contributed by atoms with Crippen molar-refractivity contribution in [1.29, 1.82) is 0 Å². The topological polar surface area (TPSA) is 39.2 Å². The number of carbonyl (C=O) groups excluding carboxylic acids is 1. The van der Waals surface area contributed by atoms with Gasteiger partial charge in [0.1, 0.15) is 0 Å². The first kappa shape index (κ1) is 18.8. The second-order valence-corrected chi connectivity index (χ2v) is 6.38. The summed E-state index contributed by atoms with van der Waals surface area (Å²) in [4.78, 5) is 17.2. The molecule has 0 saturated carbocycles. The molecule has 0 saturated heterocycles. The number of hydrogen-bond donors (Lipinski definition) is 0. The van der Waals surface area contributed by atoms with E-state index in [0.717, 1.165) is 40.8 Å². The van der Waals surface area contributed by atoms with Crippen molar-refractivity contribution in [3.05, 3.63) is 77.5 Å². The third kappa shape index (κ3) is 4.08. The monoisotopic (exact) mass is 359 g/mol. The van der Waals surface area contributed by atoms with Crippen molar-refractivity contribution in [3.63, 3.8) is 0 Å². The number of benzene rings is 2. The highest BCUT2D eigenvalue weighted by Gasteiger charge is 2.19. The van der Waals surface area contributed by atoms with Crippen LogP contribution in [-0.4, -0.2) is 17.6 Å². The minimum atomic E-state index is -0.362. The van der Waals surface area contributed by atoms with E-state index in [2.05, 4.69) is 37.3 Å². The Hall–Kier alpha value is -2.94. The van der Waals surface area contributed by atoms with E-state index in [9.17, 15) is 4.79 Å². The molecule has 0 atom stereocenters. The lowest BCUT2D eigenvalue weighted by Crippen LogP contribution is -2.12. The highest BCUT2D eigenvalue weighted by atomic mass is 16.5.